The number of benzene rings is 2. The second-order valence-corrected chi connectivity index (χ2v) is 7.59. The Kier molecular flexibility index (Phi) is 5.55. The topological polar surface area (TPSA) is 55.1 Å². The number of fused-ring (bicyclic) bond motifs is 1. The molecule has 2 aromatic heterocycles. The summed E-state index contributed by atoms with van der Waals surface area (Å²) in [6, 6.07) is 15.9. The smallest absolute Gasteiger partial charge is 0.282 e. The highest BCUT2D eigenvalue weighted by atomic mass is 19.3. The maximum atomic E-state index is 13.4. The van der Waals surface area contributed by atoms with Gasteiger partial charge in [0.1, 0.15) is 17.0 Å². The fourth-order valence-electron chi connectivity index (χ4n) is 3.78. The van der Waals surface area contributed by atoms with Crippen LogP contribution in [0, 0.1) is 13.8 Å². The molecule has 1 atom stereocenters. The molecule has 2 heterocycles. The first-order valence-corrected chi connectivity index (χ1v) is 9.99. The van der Waals surface area contributed by atoms with Crippen molar-refractivity contribution in [3.8, 4) is 11.3 Å². The van der Waals surface area contributed by atoms with Gasteiger partial charge in [-0.15, -0.1) is 0 Å². The van der Waals surface area contributed by atoms with Crippen LogP contribution >= 0.6 is 0 Å². The quantitative estimate of drug-likeness (QED) is 0.396. The predicted octanol–water partition coefficient (Wildman–Crippen LogP) is 6.58. The molecule has 4 rings (SSSR count). The summed E-state index contributed by atoms with van der Waals surface area (Å²) in [4.78, 5) is 17.0. The van der Waals surface area contributed by atoms with Gasteiger partial charge in [-0.3, -0.25) is 9.78 Å². The molecule has 4 nitrogen and oxygen atoms in total. The van der Waals surface area contributed by atoms with Crippen LogP contribution in [-0.2, 0) is 0 Å². The Labute approximate surface area is 178 Å². The van der Waals surface area contributed by atoms with E-state index in [9.17, 15) is 13.6 Å². The molecule has 0 spiro atoms. The van der Waals surface area contributed by atoms with Gasteiger partial charge in [0.25, 0.3) is 6.43 Å². The van der Waals surface area contributed by atoms with Crippen molar-refractivity contribution in [2.45, 2.75) is 33.2 Å². The summed E-state index contributed by atoms with van der Waals surface area (Å²) in [7, 11) is 0. The molecular weight excluding hydrogens is 398 g/mol. The predicted molar refractivity (Wildman–Crippen MR) is 119 cm³/mol. The van der Waals surface area contributed by atoms with E-state index in [0.29, 0.717) is 27.9 Å². The molecule has 1 N–H and O–H groups in total. The number of nitrogens with one attached hydrogen (secondary N) is 1. The van der Waals surface area contributed by atoms with Crippen molar-refractivity contribution in [3.63, 3.8) is 0 Å². The van der Waals surface area contributed by atoms with E-state index < -0.39 is 12.5 Å². The van der Waals surface area contributed by atoms with Crippen LogP contribution < -0.4 is 10.7 Å². The van der Waals surface area contributed by atoms with Gasteiger partial charge in [-0.25, -0.2) is 8.78 Å². The molecule has 0 amide bonds. The van der Waals surface area contributed by atoms with Crippen LogP contribution in [-0.4, -0.2) is 4.98 Å². The van der Waals surface area contributed by atoms with E-state index in [2.05, 4.69) is 10.3 Å². The molecule has 4 aromatic rings. The molecule has 1 unspecified atom stereocenters. The minimum atomic E-state index is -2.70. The summed E-state index contributed by atoms with van der Waals surface area (Å²) >= 11 is 0. The number of hydrogen-bond donors (Lipinski definition) is 1. The third-order valence-electron chi connectivity index (χ3n) is 5.31. The molecule has 0 bridgehead atoms. The first kappa shape index (κ1) is 20.7. The van der Waals surface area contributed by atoms with Gasteiger partial charge in [0.2, 0.25) is 0 Å². The number of hydrogen-bond acceptors (Lipinski definition) is 4. The standard InChI is InChI=1S/C25H22F2N2O2/c1-14-12-18(16(3)29-20-10-7-11-28-21(20)25(26)27)24-19(13-14)22(30)15(2)23(31-24)17-8-5-4-6-9-17/h4-13,16,25,29H,1-3H3. The molecule has 0 aliphatic heterocycles. The number of halogens is 2. The van der Waals surface area contributed by atoms with E-state index in [4.69, 9.17) is 4.42 Å². The molecule has 0 saturated carbocycles. The second kappa shape index (κ2) is 8.30. The van der Waals surface area contributed by atoms with E-state index in [-0.39, 0.29) is 16.8 Å². The third-order valence-corrected chi connectivity index (χ3v) is 5.31. The highest BCUT2D eigenvalue weighted by Crippen LogP contribution is 2.33. The Morgan fingerprint density at radius 2 is 1.77 bits per heavy atom. The van der Waals surface area contributed by atoms with Gasteiger partial charge in [0.15, 0.2) is 5.43 Å². The average molecular weight is 420 g/mol. The molecule has 158 valence electrons. The van der Waals surface area contributed by atoms with E-state index in [1.54, 1.807) is 25.1 Å². The number of pyridine rings is 1. The monoisotopic (exact) mass is 420 g/mol. The van der Waals surface area contributed by atoms with Crippen molar-refractivity contribution < 1.29 is 13.2 Å². The average Bonchev–Trinajstić information content (AvgIpc) is 2.77. The van der Waals surface area contributed by atoms with Gasteiger partial charge < -0.3 is 9.73 Å². The van der Waals surface area contributed by atoms with E-state index >= 15 is 0 Å². The first-order valence-electron chi connectivity index (χ1n) is 9.99. The zero-order chi connectivity index (χ0) is 22.1. The van der Waals surface area contributed by atoms with Crippen molar-refractivity contribution in [1.29, 1.82) is 0 Å². The molecule has 0 radical (unpaired) electrons. The number of aryl methyl sites for hydroxylation is 1. The number of aromatic nitrogens is 1. The number of rotatable bonds is 5. The van der Waals surface area contributed by atoms with Crippen LogP contribution in [0.3, 0.4) is 0 Å². The van der Waals surface area contributed by atoms with E-state index in [1.807, 2.05) is 50.2 Å². The van der Waals surface area contributed by atoms with Gasteiger partial charge in [0, 0.05) is 22.9 Å². The van der Waals surface area contributed by atoms with Crippen LogP contribution in [0.15, 0.2) is 70.0 Å². The minimum Gasteiger partial charge on any atom is -0.455 e. The Balaban J connectivity index is 1.88. The summed E-state index contributed by atoms with van der Waals surface area (Å²) < 4.78 is 33.0. The largest absolute Gasteiger partial charge is 0.455 e. The Morgan fingerprint density at radius 3 is 2.48 bits per heavy atom. The fourth-order valence-corrected chi connectivity index (χ4v) is 3.78. The maximum Gasteiger partial charge on any atom is 0.282 e. The Hall–Kier alpha value is -3.54. The van der Waals surface area contributed by atoms with Crippen LogP contribution in [0.4, 0.5) is 14.5 Å². The van der Waals surface area contributed by atoms with E-state index in [1.165, 1.54) is 6.20 Å². The normalized spacial score (nSPS) is 12.3. The van der Waals surface area contributed by atoms with Crippen molar-refractivity contribution >= 4 is 16.7 Å². The Morgan fingerprint density at radius 1 is 1.03 bits per heavy atom. The molecule has 0 saturated heterocycles. The molecule has 0 aliphatic carbocycles. The van der Waals surface area contributed by atoms with Crippen molar-refractivity contribution in [3.05, 3.63) is 93.4 Å². The summed E-state index contributed by atoms with van der Waals surface area (Å²) in [5.41, 5.74) is 3.21. The molecular formula is C25H22F2N2O2. The highest BCUT2D eigenvalue weighted by molar-refractivity contribution is 5.84. The molecule has 31 heavy (non-hydrogen) atoms. The number of nitrogens with zero attached hydrogens (tertiary/aromatic N) is 1. The van der Waals surface area contributed by atoms with Crippen LogP contribution in [0.5, 0.6) is 0 Å². The van der Waals surface area contributed by atoms with Crippen molar-refractivity contribution in [2.75, 3.05) is 5.32 Å². The third kappa shape index (κ3) is 3.93. The fraction of sp³-hybridized carbons (Fsp3) is 0.200. The summed E-state index contributed by atoms with van der Waals surface area (Å²) in [5.74, 6) is 0.505. The molecule has 2 aromatic carbocycles. The number of anilines is 1. The Bertz CT molecular complexity index is 1300. The zero-order valence-electron chi connectivity index (χ0n) is 17.4. The summed E-state index contributed by atoms with van der Waals surface area (Å²) in [6.45, 7) is 5.49. The summed E-state index contributed by atoms with van der Waals surface area (Å²) in [5, 5.41) is 3.59. The minimum absolute atomic E-state index is 0.105. The molecule has 0 aliphatic rings. The van der Waals surface area contributed by atoms with Gasteiger partial charge in [-0.05, 0) is 44.5 Å². The lowest BCUT2D eigenvalue weighted by molar-refractivity contribution is 0.147. The van der Waals surface area contributed by atoms with Crippen molar-refractivity contribution in [1.82, 2.24) is 4.98 Å². The van der Waals surface area contributed by atoms with Crippen LogP contribution in [0.25, 0.3) is 22.3 Å². The van der Waals surface area contributed by atoms with Gasteiger partial charge in [0.05, 0.1) is 17.1 Å². The zero-order valence-corrected chi connectivity index (χ0v) is 17.4. The SMILES string of the molecule is Cc1cc(C(C)Nc2cccnc2C(F)F)c2oc(-c3ccccc3)c(C)c(=O)c2c1. The highest BCUT2D eigenvalue weighted by Gasteiger charge is 2.21. The van der Waals surface area contributed by atoms with Gasteiger partial charge >= 0.3 is 0 Å². The lowest BCUT2D eigenvalue weighted by Crippen LogP contribution is -2.13. The first-order chi connectivity index (χ1) is 14.9. The molecule has 0 fully saturated rings. The van der Waals surface area contributed by atoms with E-state index in [0.717, 1.165) is 11.1 Å². The van der Waals surface area contributed by atoms with Crippen LogP contribution in [0.1, 0.15) is 41.8 Å². The number of alkyl halides is 2. The maximum absolute atomic E-state index is 13.4. The van der Waals surface area contributed by atoms with Crippen LogP contribution in [0.2, 0.25) is 0 Å². The van der Waals surface area contributed by atoms with Crippen molar-refractivity contribution in [2.24, 2.45) is 0 Å². The molecule has 6 heteroatoms. The van der Waals surface area contributed by atoms with Gasteiger partial charge in [-0.2, -0.15) is 0 Å². The van der Waals surface area contributed by atoms with Gasteiger partial charge in [-0.1, -0.05) is 36.4 Å². The lowest BCUT2D eigenvalue weighted by Gasteiger charge is -2.20. The summed E-state index contributed by atoms with van der Waals surface area (Å²) in [6.07, 6.45) is -1.36. The lowest BCUT2D eigenvalue weighted by atomic mass is 9.98. The second-order valence-electron chi connectivity index (χ2n) is 7.59.